The van der Waals surface area contributed by atoms with E-state index in [1.165, 1.54) is 0 Å². The number of nitrogens with zero attached hydrogens (tertiary/aromatic N) is 2. The van der Waals surface area contributed by atoms with Crippen molar-refractivity contribution in [2.24, 2.45) is 5.92 Å². The number of carbonyl (C=O) groups is 1. The smallest absolute Gasteiger partial charge is 0.270 e. The Kier molecular flexibility index (Phi) is 5.27. The number of carbonyl (C=O) groups excluding carboxylic acids is 1. The topological polar surface area (TPSA) is 80.5 Å². The Morgan fingerprint density at radius 2 is 2.12 bits per heavy atom. The van der Waals surface area contributed by atoms with Gasteiger partial charge in [0.15, 0.2) is 0 Å². The van der Waals surface area contributed by atoms with Crippen LogP contribution in [-0.4, -0.2) is 55.2 Å². The first-order valence-electron chi connectivity index (χ1n) is 8.36. The molecular weight excluding hydrogens is 304 g/mol. The lowest BCUT2D eigenvalue weighted by Gasteiger charge is -2.29. The van der Waals surface area contributed by atoms with Crippen LogP contribution in [0.25, 0.3) is 10.8 Å². The number of nitrogens with two attached hydrogens (primary N) is 1. The van der Waals surface area contributed by atoms with E-state index in [9.17, 15) is 4.79 Å². The molecular formula is C18H24N4O2. The van der Waals surface area contributed by atoms with Gasteiger partial charge in [-0.2, -0.15) is 0 Å². The van der Waals surface area contributed by atoms with Gasteiger partial charge in [-0.3, -0.25) is 14.7 Å². The second-order valence-corrected chi connectivity index (χ2v) is 6.33. The lowest BCUT2D eigenvalue weighted by Crippen LogP contribution is -2.41. The van der Waals surface area contributed by atoms with Gasteiger partial charge in [0.1, 0.15) is 5.69 Å². The predicted octanol–water partition coefficient (Wildman–Crippen LogP) is 1.52. The van der Waals surface area contributed by atoms with Crippen molar-refractivity contribution in [3.63, 3.8) is 0 Å². The molecule has 0 aliphatic carbocycles. The minimum atomic E-state index is -0.153. The van der Waals surface area contributed by atoms with E-state index in [0.717, 1.165) is 43.6 Å². The number of benzene rings is 1. The largest absolute Gasteiger partial charge is 0.398 e. The molecule has 1 unspecified atom stereocenters. The van der Waals surface area contributed by atoms with Gasteiger partial charge in [0.05, 0.1) is 13.2 Å². The molecule has 0 bridgehead atoms. The third-order valence-electron chi connectivity index (χ3n) is 4.34. The van der Waals surface area contributed by atoms with Crippen LogP contribution in [-0.2, 0) is 4.74 Å². The van der Waals surface area contributed by atoms with E-state index in [-0.39, 0.29) is 5.91 Å². The average molecular weight is 328 g/mol. The maximum atomic E-state index is 12.5. The summed E-state index contributed by atoms with van der Waals surface area (Å²) in [5.41, 5.74) is 7.06. The summed E-state index contributed by atoms with van der Waals surface area (Å²) in [6, 6.07) is 7.39. The van der Waals surface area contributed by atoms with E-state index < -0.39 is 0 Å². The predicted molar refractivity (Wildman–Crippen MR) is 94.9 cm³/mol. The van der Waals surface area contributed by atoms with Crippen LogP contribution >= 0.6 is 0 Å². The van der Waals surface area contributed by atoms with Gasteiger partial charge in [0, 0.05) is 48.8 Å². The Bertz CT molecular complexity index is 713. The second kappa shape index (κ2) is 7.59. The molecule has 1 fully saturated rings. The molecule has 6 heteroatoms. The molecule has 3 rings (SSSR count). The van der Waals surface area contributed by atoms with Crippen molar-refractivity contribution in [3.8, 4) is 0 Å². The summed E-state index contributed by atoms with van der Waals surface area (Å²) in [6.07, 6.45) is 1.63. The van der Waals surface area contributed by atoms with Crippen molar-refractivity contribution in [1.29, 1.82) is 0 Å². The molecule has 2 heterocycles. The number of rotatable bonds is 5. The quantitative estimate of drug-likeness (QED) is 0.813. The maximum Gasteiger partial charge on any atom is 0.270 e. The summed E-state index contributed by atoms with van der Waals surface area (Å²) in [5.74, 6) is 0.215. The van der Waals surface area contributed by atoms with Crippen LogP contribution < -0.4 is 11.1 Å². The lowest BCUT2D eigenvalue weighted by molar-refractivity contribution is 0.0317. The SMILES string of the molecule is CC(CNC(=O)c1nccc2c(N)cccc12)CN1CCOCC1. The molecule has 0 radical (unpaired) electrons. The number of nitrogens with one attached hydrogen (secondary N) is 1. The third-order valence-corrected chi connectivity index (χ3v) is 4.34. The standard InChI is InChI=1S/C18H24N4O2/c1-13(12-22-7-9-24-10-8-22)11-21-18(23)17-15-3-2-4-16(19)14(15)5-6-20-17/h2-6,13H,7-12,19H2,1H3,(H,21,23). The summed E-state index contributed by atoms with van der Waals surface area (Å²) >= 11 is 0. The number of ether oxygens (including phenoxy) is 1. The number of morpholine rings is 1. The normalized spacial score (nSPS) is 16.9. The molecule has 2 aromatic rings. The molecule has 3 N–H and O–H groups in total. The zero-order chi connectivity index (χ0) is 16.9. The number of aromatic nitrogens is 1. The molecule has 0 saturated carbocycles. The van der Waals surface area contributed by atoms with Crippen LogP contribution in [0.4, 0.5) is 5.69 Å². The molecule has 1 atom stereocenters. The van der Waals surface area contributed by atoms with Crippen LogP contribution in [0, 0.1) is 5.92 Å². The molecule has 24 heavy (non-hydrogen) atoms. The molecule has 1 aliphatic rings. The second-order valence-electron chi connectivity index (χ2n) is 6.33. The number of nitrogen functional groups attached to an aromatic ring is 1. The van der Waals surface area contributed by atoms with Gasteiger partial charge in [-0.1, -0.05) is 19.1 Å². The van der Waals surface area contributed by atoms with Crippen molar-refractivity contribution in [1.82, 2.24) is 15.2 Å². The number of fused-ring (bicyclic) bond motifs is 1. The monoisotopic (exact) mass is 328 g/mol. The zero-order valence-corrected chi connectivity index (χ0v) is 14.0. The Balaban J connectivity index is 1.62. The fourth-order valence-electron chi connectivity index (χ4n) is 3.05. The summed E-state index contributed by atoms with van der Waals surface area (Å²) in [7, 11) is 0. The first kappa shape index (κ1) is 16.7. The molecule has 1 aliphatic heterocycles. The van der Waals surface area contributed by atoms with Crippen molar-refractivity contribution in [2.75, 3.05) is 45.1 Å². The van der Waals surface area contributed by atoms with Crippen LogP contribution in [0.1, 0.15) is 17.4 Å². The Labute approximate surface area is 142 Å². The highest BCUT2D eigenvalue weighted by atomic mass is 16.5. The first-order chi connectivity index (χ1) is 11.6. The van der Waals surface area contributed by atoms with Gasteiger partial charge < -0.3 is 15.8 Å². The molecule has 0 spiro atoms. The van der Waals surface area contributed by atoms with Gasteiger partial charge in [-0.05, 0) is 18.1 Å². The van der Waals surface area contributed by atoms with E-state index in [1.54, 1.807) is 6.20 Å². The van der Waals surface area contributed by atoms with Gasteiger partial charge in [-0.25, -0.2) is 0 Å². The number of amides is 1. The van der Waals surface area contributed by atoms with Crippen molar-refractivity contribution < 1.29 is 9.53 Å². The highest BCUT2D eigenvalue weighted by Crippen LogP contribution is 2.22. The average Bonchev–Trinajstić information content (AvgIpc) is 2.60. The Hall–Kier alpha value is -2.18. The van der Waals surface area contributed by atoms with E-state index >= 15 is 0 Å². The summed E-state index contributed by atoms with van der Waals surface area (Å²) < 4.78 is 5.36. The fourth-order valence-corrected chi connectivity index (χ4v) is 3.05. The van der Waals surface area contributed by atoms with Gasteiger partial charge in [0.25, 0.3) is 5.91 Å². The summed E-state index contributed by atoms with van der Waals surface area (Å²) in [6.45, 7) is 7.23. The van der Waals surface area contributed by atoms with E-state index in [4.69, 9.17) is 10.5 Å². The number of hydrogen-bond acceptors (Lipinski definition) is 5. The van der Waals surface area contributed by atoms with Gasteiger partial charge >= 0.3 is 0 Å². The Morgan fingerprint density at radius 1 is 1.33 bits per heavy atom. The van der Waals surface area contributed by atoms with E-state index in [0.29, 0.717) is 23.8 Å². The number of hydrogen-bond donors (Lipinski definition) is 2. The highest BCUT2D eigenvalue weighted by Gasteiger charge is 2.16. The molecule has 128 valence electrons. The zero-order valence-electron chi connectivity index (χ0n) is 14.0. The molecule has 1 aromatic heterocycles. The molecule has 1 saturated heterocycles. The molecule has 1 aromatic carbocycles. The van der Waals surface area contributed by atoms with Crippen molar-refractivity contribution in [3.05, 3.63) is 36.2 Å². The maximum absolute atomic E-state index is 12.5. The Morgan fingerprint density at radius 3 is 2.92 bits per heavy atom. The fraction of sp³-hybridized carbons (Fsp3) is 0.444. The lowest BCUT2D eigenvalue weighted by atomic mass is 10.1. The first-order valence-corrected chi connectivity index (χ1v) is 8.36. The van der Waals surface area contributed by atoms with Crippen LogP contribution in [0.2, 0.25) is 0 Å². The minimum Gasteiger partial charge on any atom is -0.398 e. The highest BCUT2D eigenvalue weighted by molar-refractivity contribution is 6.07. The number of pyridine rings is 1. The molecule has 6 nitrogen and oxygen atoms in total. The summed E-state index contributed by atoms with van der Waals surface area (Å²) in [5, 5.41) is 4.65. The van der Waals surface area contributed by atoms with Crippen LogP contribution in [0.15, 0.2) is 30.5 Å². The van der Waals surface area contributed by atoms with Gasteiger partial charge in [0.2, 0.25) is 0 Å². The van der Waals surface area contributed by atoms with E-state index in [1.807, 2.05) is 24.3 Å². The van der Waals surface area contributed by atoms with Crippen molar-refractivity contribution >= 4 is 22.4 Å². The van der Waals surface area contributed by atoms with Gasteiger partial charge in [-0.15, -0.1) is 0 Å². The minimum absolute atomic E-state index is 0.153. The number of anilines is 1. The van der Waals surface area contributed by atoms with Crippen molar-refractivity contribution in [2.45, 2.75) is 6.92 Å². The summed E-state index contributed by atoms with van der Waals surface area (Å²) in [4.78, 5) is 19.1. The van der Waals surface area contributed by atoms with Crippen LogP contribution in [0.3, 0.4) is 0 Å². The molecule has 1 amide bonds. The third kappa shape index (κ3) is 3.83. The van der Waals surface area contributed by atoms with Crippen LogP contribution in [0.5, 0.6) is 0 Å². The van der Waals surface area contributed by atoms with E-state index in [2.05, 4.69) is 22.1 Å².